The molecular weight excluding hydrogens is 268 g/mol. The molecule has 0 bridgehead atoms. The Balaban J connectivity index is 1.84. The minimum absolute atomic E-state index is 0.253. The van der Waals surface area contributed by atoms with Gasteiger partial charge in [-0.3, -0.25) is 14.5 Å². The molecule has 3 rings (SSSR count). The molecule has 1 aromatic carbocycles. The summed E-state index contributed by atoms with van der Waals surface area (Å²) < 4.78 is 0. The van der Waals surface area contributed by atoms with Gasteiger partial charge in [0.05, 0.1) is 0 Å². The summed E-state index contributed by atoms with van der Waals surface area (Å²) in [7, 11) is 0. The van der Waals surface area contributed by atoms with Crippen LogP contribution in [0.25, 0.3) is 0 Å². The van der Waals surface area contributed by atoms with Gasteiger partial charge in [-0.05, 0) is 36.3 Å². The second kappa shape index (κ2) is 5.48. The van der Waals surface area contributed by atoms with E-state index in [2.05, 4.69) is 0 Å². The molecule has 2 aliphatic rings. The van der Waals surface area contributed by atoms with Gasteiger partial charge < -0.3 is 10.8 Å². The fourth-order valence-electron chi connectivity index (χ4n) is 4.01. The van der Waals surface area contributed by atoms with Gasteiger partial charge in [0.2, 0.25) is 5.91 Å². The zero-order valence-electron chi connectivity index (χ0n) is 11.9. The van der Waals surface area contributed by atoms with Gasteiger partial charge >= 0.3 is 5.97 Å². The van der Waals surface area contributed by atoms with E-state index in [1.807, 2.05) is 17.0 Å². The summed E-state index contributed by atoms with van der Waals surface area (Å²) in [5, 5.41) is 9.55. The lowest BCUT2D eigenvalue weighted by Crippen LogP contribution is -2.39. The van der Waals surface area contributed by atoms with Gasteiger partial charge in [0.15, 0.2) is 0 Å². The van der Waals surface area contributed by atoms with Crippen LogP contribution >= 0.6 is 0 Å². The van der Waals surface area contributed by atoms with Crippen LogP contribution in [0.1, 0.15) is 35.2 Å². The number of nitrogens with zero attached hydrogens (tertiary/aromatic N) is 1. The van der Waals surface area contributed by atoms with Crippen molar-refractivity contribution in [3.05, 3.63) is 35.4 Å². The smallest absolute Gasteiger partial charge is 0.321 e. The maximum Gasteiger partial charge on any atom is 0.321 e. The van der Waals surface area contributed by atoms with Crippen molar-refractivity contribution in [3.8, 4) is 0 Å². The molecule has 1 heterocycles. The zero-order chi connectivity index (χ0) is 15.0. The van der Waals surface area contributed by atoms with Crippen LogP contribution in [-0.4, -0.2) is 34.5 Å². The third kappa shape index (κ3) is 2.53. The van der Waals surface area contributed by atoms with Crippen LogP contribution in [0.2, 0.25) is 0 Å². The minimum Gasteiger partial charge on any atom is -0.480 e. The van der Waals surface area contributed by atoms with E-state index in [9.17, 15) is 14.7 Å². The first-order valence-electron chi connectivity index (χ1n) is 7.42. The monoisotopic (exact) mass is 288 g/mol. The van der Waals surface area contributed by atoms with E-state index >= 15 is 0 Å². The Kier molecular flexibility index (Phi) is 3.68. The molecule has 1 aliphatic carbocycles. The van der Waals surface area contributed by atoms with Gasteiger partial charge in [0, 0.05) is 18.7 Å². The van der Waals surface area contributed by atoms with Crippen LogP contribution in [0, 0.1) is 11.8 Å². The Morgan fingerprint density at radius 3 is 2.76 bits per heavy atom. The molecule has 3 atom stereocenters. The van der Waals surface area contributed by atoms with Crippen LogP contribution in [0.5, 0.6) is 0 Å². The van der Waals surface area contributed by atoms with Crippen molar-refractivity contribution < 1.29 is 14.7 Å². The Morgan fingerprint density at radius 2 is 2.05 bits per heavy atom. The molecule has 1 aromatic rings. The number of benzene rings is 1. The maximum atomic E-state index is 11.6. The van der Waals surface area contributed by atoms with Crippen LogP contribution < -0.4 is 5.73 Å². The highest BCUT2D eigenvalue weighted by atomic mass is 16.4. The standard InChI is InChI=1S/C16H20N2O3/c17-15(19)13-6-2-1-4-11(13)9-18-8-10-5-3-7-12(10)14(18)16(20)21/h1-2,4,6,10,12,14H,3,5,7-9H2,(H2,17,19)(H,20,21). The Morgan fingerprint density at radius 1 is 1.29 bits per heavy atom. The third-order valence-corrected chi connectivity index (χ3v) is 4.90. The molecule has 3 N–H and O–H groups in total. The average Bonchev–Trinajstić information content (AvgIpc) is 2.98. The fraction of sp³-hybridized carbons (Fsp3) is 0.500. The number of hydrogen-bond donors (Lipinski definition) is 2. The first-order chi connectivity index (χ1) is 10.1. The van der Waals surface area contributed by atoms with Crippen molar-refractivity contribution in [2.24, 2.45) is 17.6 Å². The number of rotatable bonds is 4. The predicted octanol–water partition coefficient (Wildman–Crippen LogP) is 1.47. The van der Waals surface area contributed by atoms with Crippen LogP contribution in [0.4, 0.5) is 0 Å². The quantitative estimate of drug-likeness (QED) is 0.878. The Hall–Kier alpha value is -1.88. The SMILES string of the molecule is NC(=O)c1ccccc1CN1CC2CCCC2C1C(=O)O. The topological polar surface area (TPSA) is 83.6 Å². The van der Waals surface area contributed by atoms with E-state index in [4.69, 9.17) is 5.73 Å². The first kappa shape index (κ1) is 14.1. The summed E-state index contributed by atoms with van der Waals surface area (Å²) in [6.45, 7) is 1.28. The van der Waals surface area contributed by atoms with Crippen molar-refractivity contribution in [2.75, 3.05) is 6.54 Å². The highest BCUT2D eigenvalue weighted by Gasteiger charge is 2.47. The molecule has 0 spiro atoms. The van der Waals surface area contributed by atoms with Crippen LogP contribution in [0.3, 0.4) is 0 Å². The average molecular weight is 288 g/mol. The molecule has 5 heteroatoms. The lowest BCUT2D eigenvalue weighted by atomic mass is 9.94. The van der Waals surface area contributed by atoms with E-state index in [0.717, 1.165) is 31.4 Å². The number of carboxylic acid groups (broad SMARTS) is 1. The number of likely N-dealkylation sites (tertiary alicyclic amines) is 1. The van der Waals surface area contributed by atoms with Crippen molar-refractivity contribution >= 4 is 11.9 Å². The third-order valence-electron chi connectivity index (χ3n) is 4.90. The van der Waals surface area contributed by atoms with E-state index in [1.54, 1.807) is 12.1 Å². The van der Waals surface area contributed by atoms with Crippen molar-refractivity contribution in [1.82, 2.24) is 4.90 Å². The van der Waals surface area contributed by atoms with Gasteiger partial charge in [-0.1, -0.05) is 24.6 Å². The highest BCUT2D eigenvalue weighted by molar-refractivity contribution is 5.94. The molecule has 1 aliphatic heterocycles. The van der Waals surface area contributed by atoms with Gasteiger partial charge in [0.25, 0.3) is 0 Å². The maximum absolute atomic E-state index is 11.6. The summed E-state index contributed by atoms with van der Waals surface area (Å²) in [5.41, 5.74) is 6.70. The molecule has 2 fully saturated rings. The lowest BCUT2D eigenvalue weighted by molar-refractivity contribution is -0.143. The summed E-state index contributed by atoms with van der Waals surface area (Å²) in [6.07, 6.45) is 3.24. The Labute approximate surface area is 123 Å². The number of hydrogen-bond acceptors (Lipinski definition) is 3. The highest BCUT2D eigenvalue weighted by Crippen LogP contribution is 2.42. The number of aliphatic carboxylic acids is 1. The molecule has 0 radical (unpaired) electrons. The van der Waals surface area contributed by atoms with E-state index < -0.39 is 17.9 Å². The van der Waals surface area contributed by atoms with Crippen LogP contribution in [-0.2, 0) is 11.3 Å². The van der Waals surface area contributed by atoms with Crippen molar-refractivity contribution in [1.29, 1.82) is 0 Å². The number of nitrogens with two attached hydrogens (primary N) is 1. The minimum atomic E-state index is -0.749. The lowest BCUT2D eigenvalue weighted by Gasteiger charge is -2.24. The normalized spacial score (nSPS) is 28.5. The summed E-state index contributed by atoms with van der Waals surface area (Å²) in [5.74, 6) is -0.479. The van der Waals surface area contributed by atoms with Crippen LogP contribution in [0.15, 0.2) is 24.3 Å². The number of carbonyl (C=O) groups is 2. The van der Waals surface area contributed by atoms with E-state index in [1.165, 1.54) is 0 Å². The van der Waals surface area contributed by atoms with Gasteiger partial charge in [-0.2, -0.15) is 0 Å². The second-order valence-electron chi connectivity index (χ2n) is 6.09. The Bertz CT molecular complexity index is 572. The zero-order valence-corrected chi connectivity index (χ0v) is 11.9. The molecule has 1 amide bonds. The van der Waals surface area contributed by atoms with E-state index in [-0.39, 0.29) is 5.92 Å². The molecule has 1 saturated heterocycles. The van der Waals surface area contributed by atoms with Gasteiger partial charge in [0.1, 0.15) is 6.04 Å². The van der Waals surface area contributed by atoms with Crippen molar-refractivity contribution in [3.63, 3.8) is 0 Å². The molecule has 5 nitrogen and oxygen atoms in total. The molecular formula is C16H20N2O3. The largest absolute Gasteiger partial charge is 0.480 e. The number of primary amides is 1. The molecule has 1 saturated carbocycles. The van der Waals surface area contributed by atoms with E-state index in [0.29, 0.717) is 18.0 Å². The summed E-state index contributed by atoms with van der Waals surface area (Å²) >= 11 is 0. The first-order valence-corrected chi connectivity index (χ1v) is 7.42. The summed E-state index contributed by atoms with van der Waals surface area (Å²) in [6, 6.07) is 6.75. The van der Waals surface area contributed by atoms with Gasteiger partial charge in [-0.15, -0.1) is 0 Å². The molecule has 0 aromatic heterocycles. The van der Waals surface area contributed by atoms with Crippen molar-refractivity contribution in [2.45, 2.75) is 31.8 Å². The number of carbonyl (C=O) groups excluding carboxylic acids is 1. The summed E-state index contributed by atoms with van der Waals surface area (Å²) in [4.78, 5) is 25.1. The molecule has 3 unspecified atom stereocenters. The second-order valence-corrected chi connectivity index (χ2v) is 6.09. The number of fused-ring (bicyclic) bond motifs is 1. The number of carboxylic acids is 1. The number of amides is 1. The fourth-order valence-corrected chi connectivity index (χ4v) is 4.01. The molecule has 112 valence electrons. The predicted molar refractivity (Wildman–Crippen MR) is 77.6 cm³/mol. The molecule has 21 heavy (non-hydrogen) atoms. The van der Waals surface area contributed by atoms with Gasteiger partial charge in [-0.25, -0.2) is 0 Å².